The van der Waals surface area contributed by atoms with Crippen molar-refractivity contribution >= 4 is 107 Å². The molecular weight excluding hydrogens is 1080 g/mol. The third-order valence-electron chi connectivity index (χ3n) is 11.6. The molecule has 2 atom stereocenters. The Hall–Kier alpha value is -7.02. The Morgan fingerprint density at radius 3 is 1.46 bits per heavy atom. The van der Waals surface area contributed by atoms with E-state index in [1.54, 1.807) is 56.3 Å². The molecular formula is C55H57BrCl2N12O2S2. The van der Waals surface area contributed by atoms with Crippen molar-refractivity contribution in [2.75, 3.05) is 22.1 Å². The molecule has 74 heavy (non-hydrogen) atoms. The Labute approximate surface area is 456 Å². The van der Waals surface area contributed by atoms with Gasteiger partial charge in [-0.2, -0.15) is 9.97 Å². The van der Waals surface area contributed by atoms with E-state index < -0.39 is 0 Å². The quantitative estimate of drug-likeness (QED) is 0.107. The van der Waals surface area contributed by atoms with Gasteiger partial charge in [-0.15, -0.1) is 22.7 Å². The van der Waals surface area contributed by atoms with Crippen molar-refractivity contribution in [3.63, 3.8) is 0 Å². The van der Waals surface area contributed by atoms with Crippen LogP contribution in [0.5, 0.6) is 0 Å². The number of aryl methyl sites for hydroxylation is 5. The molecule has 6 N–H and O–H groups in total. The molecule has 382 valence electrons. The van der Waals surface area contributed by atoms with Crippen LogP contribution in [-0.4, -0.2) is 39.0 Å². The molecule has 6 aromatic heterocycles. The van der Waals surface area contributed by atoms with Gasteiger partial charge in [-0.3, -0.25) is 18.7 Å². The summed E-state index contributed by atoms with van der Waals surface area (Å²) in [5, 5.41) is 12.1. The van der Waals surface area contributed by atoms with Crippen LogP contribution in [0.4, 0.5) is 23.5 Å². The monoisotopic (exact) mass is 1130 g/mol. The molecule has 0 saturated carbocycles. The van der Waals surface area contributed by atoms with Gasteiger partial charge < -0.3 is 22.1 Å². The molecule has 14 nitrogen and oxygen atoms in total. The lowest BCUT2D eigenvalue weighted by Gasteiger charge is -2.22. The standard InChI is InChI=1S/C26H23ClN6OS.C21H17BrClN5O.C6H9NS.2CH4/c1-14-16(3)35-24(31-14)19-13-29-26(28)32-23(19)30-15(2)21-12-17-8-7-11-20(27)22(17)25(34)33(21)18-9-5-4-6-10-18;1-12(26-19-15(22)11-25-21(24)27-19)17-10-13-6-5-9-16(23)18(13)20(29)28(17)14-7-3-2-4-8-14;1-4-5(2)8-6(3)7-4;;/h4-13,15H,1-3H3,(H3,28,29,30,32);2-12H,1H3,(H3,24,25,26,27);1-3H3;2*1H4/t15-;12-;;;/m00.../s1. The van der Waals surface area contributed by atoms with Gasteiger partial charge in [0.15, 0.2) is 0 Å². The van der Waals surface area contributed by atoms with Gasteiger partial charge in [-0.1, -0.05) is 98.7 Å². The molecule has 10 aromatic rings. The van der Waals surface area contributed by atoms with E-state index >= 15 is 0 Å². The number of rotatable bonds is 9. The molecule has 0 radical (unpaired) electrons. The maximum absolute atomic E-state index is 13.7. The second-order valence-electron chi connectivity index (χ2n) is 16.7. The van der Waals surface area contributed by atoms with Crippen LogP contribution < -0.4 is 33.2 Å². The first kappa shape index (κ1) is 56.3. The third kappa shape index (κ3) is 12.3. The van der Waals surface area contributed by atoms with E-state index in [1.165, 1.54) is 15.6 Å². The average molecular weight is 1130 g/mol. The van der Waals surface area contributed by atoms with Crippen LogP contribution in [0.1, 0.15) is 78.3 Å². The number of fused-ring (bicyclic) bond motifs is 2. The number of nitrogens with one attached hydrogen (secondary N) is 2. The number of para-hydroxylation sites is 2. The van der Waals surface area contributed by atoms with Crippen molar-refractivity contribution in [1.82, 2.24) is 39.0 Å². The summed E-state index contributed by atoms with van der Waals surface area (Å²) in [6.07, 6.45) is 3.27. The Balaban J connectivity index is 0.000000207. The predicted octanol–water partition coefficient (Wildman–Crippen LogP) is 14.2. The first-order valence-corrected chi connectivity index (χ1v) is 25.7. The summed E-state index contributed by atoms with van der Waals surface area (Å²) in [5.41, 5.74) is 17.2. The number of hydrogen-bond acceptors (Lipinski definition) is 14. The minimum atomic E-state index is -0.318. The average Bonchev–Trinajstić information content (AvgIpc) is 3.85. The molecule has 0 amide bonds. The van der Waals surface area contributed by atoms with Crippen molar-refractivity contribution in [2.45, 2.75) is 75.4 Å². The molecule has 0 fully saturated rings. The topological polar surface area (TPSA) is 197 Å². The Morgan fingerprint density at radius 2 is 1.03 bits per heavy atom. The number of halogens is 3. The highest BCUT2D eigenvalue weighted by Crippen LogP contribution is 2.35. The smallest absolute Gasteiger partial charge is 0.264 e. The summed E-state index contributed by atoms with van der Waals surface area (Å²) in [7, 11) is 0. The summed E-state index contributed by atoms with van der Waals surface area (Å²) >= 11 is 19.6. The SMILES string of the molecule is C.C.C[C@H](Nc1nc(N)ncc1Br)c1cc2cccc(Cl)c2c(=O)n1-c1ccccc1.Cc1nc(-c2cnc(N)nc2N[C@@H](C)c2cc3cccc(Cl)c3c(=O)n2-c2ccccc2)sc1C.Cc1nc(C)c(C)s1. The third-order valence-corrected chi connectivity index (χ3v) is 14.9. The first-order valence-electron chi connectivity index (χ1n) is 22.6. The summed E-state index contributed by atoms with van der Waals surface area (Å²) in [4.78, 5) is 55.4. The number of benzene rings is 4. The van der Waals surface area contributed by atoms with Gasteiger partial charge in [-0.25, -0.2) is 19.9 Å². The second-order valence-corrected chi connectivity index (χ2v) is 21.0. The maximum atomic E-state index is 13.7. The summed E-state index contributed by atoms with van der Waals surface area (Å²) in [6.45, 7) is 14.1. The van der Waals surface area contributed by atoms with Crippen LogP contribution in [0.2, 0.25) is 10.0 Å². The number of nitrogen functional groups attached to an aromatic ring is 2. The molecule has 0 aliphatic rings. The van der Waals surface area contributed by atoms with Gasteiger partial charge >= 0.3 is 0 Å². The van der Waals surface area contributed by atoms with Crippen LogP contribution in [0.3, 0.4) is 0 Å². The number of aromatic nitrogens is 8. The summed E-state index contributed by atoms with van der Waals surface area (Å²) in [6, 6.07) is 33.2. The van der Waals surface area contributed by atoms with Gasteiger partial charge in [0.25, 0.3) is 11.1 Å². The van der Waals surface area contributed by atoms with Gasteiger partial charge in [0.2, 0.25) is 11.9 Å². The van der Waals surface area contributed by atoms with E-state index in [4.69, 9.17) is 34.7 Å². The maximum Gasteiger partial charge on any atom is 0.264 e. The number of hydrogen-bond donors (Lipinski definition) is 4. The highest BCUT2D eigenvalue weighted by Gasteiger charge is 2.22. The van der Waals surface area contributed by atoms with Crippen molar-refractivity contribution in [3.05, 3.63) is 194 Å². The molecule has 6 heterocycles. The van der Waals surface area contributed by atoms with Crippen LogP contribution in [0.25, 0.3) is 43.5 Å². The Kier molecular flexibility index (Phi) is 18.5. The lowest BCUT2D eigenvalue weighted by Crippen LogP contribution is -2.26. The molecule has 0 saturated heterocycles. The first-order chi connectivity index (χ1) is 34.5. The minimum Gasteiger partial charge on any atom is -0.368 e. The van der Waals surface area contributed by atoms with Crippen molar-refractivity contribution in [2.24, 2.45) is 0 Å². The molecule has 4 aromatic carbocycles. The molecule has 0 unspecified atom stereocenters. The van der Waals surface area contributed by atoms with Gasteiger partial charge in [0.1, 0.15) is 16.6 Å². The fraction of sp³-hybridized carbons (Fsp3) is 0.200. The van der Waals surface area contributed by atoms with Crippen molar-refractivity contribution in [3.8, 4) is 21.9 Å². The van der Waals surface area contributed by atoms with E-state index in [0.717, 1.165) is 54.7 Å². The number of nitrogens with zero attached hydrogens (tertiary/aromatic N) is 8. The Morgan fingerprint density at radius 1 is 0.581 bits per heavy atom. The lowest BCUT2D eigenvalue weighted by atomic mass is 10.1. The normalized spacial score (nSPS) is 11.5. The summed E-state index contributed by atoms with van der Waals surface area (Å²) in [5.74, 6) is 1.41. The molecule has 0 spiro atoms. The van der Waals surface area contributed by atoms with E-state index in [-0.39, 0.29) is 50.0 Å². The van der Waals surface area contributed by atoms with Crippen molar-refractivity contribution in [1.29, 1.82) is 0 Å². The number of nitrogens with two attached hydrogens (primary N) is 2. The predicted molar refractivity (Wildman–Crippen MR) is 314 cm³/mol. The van der Waals surface area contributed by atoms with E-state index in [0.29, 0.717) is 36.9 Å². The summed E-state index contributed by atoms with van der Waals surface area (Å²) < 4.78 is 4.04. The molecule has 19 heteroatoms. The largest absolute Gasteiger partial charge is 0.368 e. The van der Waals surface area contributed by atoms with E-state index in [2.05, 4.69) is 63.4 Å². The molecule has 0 bridgehead atoms. The molecule has 10 rings (SSSR count). The minimum absolute atomic E-state index is 0. The zero-order valence-electron chi connectivity index (χ0n) is 40.2. The van der Waals surface area contributed by atoms with Crippen LogP contribution in [0.15, 0.2) is 136 Å². The zero-order valence-corrected chi connectivity index (χ0v) is 44.9. The number of anilines is 4. The number of thiazole rings is 2. The molecule has 0 aliphatic carbocycles. The fourth-order valence-corrected chi connectivity index (χ4v) is 10.5. The van der Waals surface area contributed by atoms with Crippen molar-refractivity contribution < 1.29 is 0 Å². The van der Waals surface area contributed by atoms with Gasteiger partial charge in [0.05, 0.1) is 59.3 Å². The van der Waals surface area contributed by atoms with Crippen LogP contribution in [-0.2, 0) is 0 Å². The van der Waals surface area contributed by atoms with Gasteiger partial charge in [-0.05, 0) is 124 Å². The van der Waals surface area contributed by atoms with Gasteiger partial charge in [0, 0.05) is 44.9 Å². The molecule has 0 aliphatic heterocycles. The Bertz CT molecular complexity index is 3680. The van der Waals surface area contributed by atoms with E-state index in [9.17, 15) is 9.59 Å². The lowest BCUT2D eigenvalue weighted by molar-refractivity contribution is 0.772. The second kappa shape index (κ2) is 24.3. The van der Waals surface area contributed by atoms with E-state index in [1.807, 2.05) is 139 Å². The fourth-order valence-electron chi connectivity index (χ4n) is 7.93. The van der Waals surface area contributed by atoms with Crippen LogP contribution in [0, 0.1) is 34.6 Å². The number of pyridine rings is 2. The highest BCUT2D eigenvalue weighted by molar-refractivity contribution is 9.10. The zero-order chi connectivity index (χ0) is 51.4. The van der Waals surface area contributed by atoms with Crippen LogP contribution >= 0.6 is 61.8 Å². The highest BCUT2D eigenvalue weighted by atomic mass is 79.9.